The van der Waals surface area contributed by atoms with Crippen molar-refractivity contribution >= 4 is 34.8 Å². The minimum absolute atomic E-state index is 0.000901. The molecule has 11 heteroatoms. The van der Waals surface area contributed by atoms with Gasteiger partial charge in [0.15, 0.2) is 0 Å². The molecule has 1 aliphatic rings. The van der Waals surface area contributed by atoms with Crippen LogP contribution >= 0.6 is 11.8 Å². The van der Waals surface area contributed by atoms with Crippen molar-refractivity contribution in [1.82, 2.24) is 24.5 Å². The van der Waals surface area contributed by atoms with Crippen LogP contribution in [0.25, 0.3) is 5.78 Å². The lowest BCUT2D eigenvalue weighted by Gasteiger charge is -2.35. The number of fused-ring (bicyclic) bond motifs is 1. The first-order valence-electron chi connectivity index (χ1n) is 8.68. The molecule has 1 fully saturated rings. The summed E-state index contributed by atoms with van der Waals surface area (Å²) < 4.78 is 1.57. The predicted molar refractivity (Wildman–Crippen MR) is 103 cm³/mol. The Balaban J connectivity index is 1.33. The largest absolute Gasteiger partial charge is 0.362 e. The SMILES string of the molecule is O=C(CSc1nc2ncccn2n1)N1CCN(c2ccccc2[N+](=O)[O-])CC1. The van der Waals surface area contributed by atoms with Crippen LogP contribution in [-0.2, 0) is 4.79 Å². The standard InChI is InChI=1S/C17H17N7O3S/c25-15(12-28-17-19-16-18-6-3-7-23(16)20-17)22-10-8-21(9-11-22)13-4-1-2-5-14(13)24(26)27/h1-7H,8-12H2. The molecule has 2 aromatic heterocycles. The van der Waals surface area contributed by atoms with Crippen molar-refractivity contribution in [2.24, 2.45) is 0 Å². The van der Waals surface area contributed by atoms with Crippen LogP contribution < -0.4 is 4.90 Å². The van der Waals surface area contributed by atoms with Crippen molar-refractivity contribution in [3.8, 4) is 0 Å². The van der Waals surface area contributed by atoms with Gasteiger partial charge in [0.1, 0.15) is 5.69 Å². The second-order valence-electron chi connectivity index (χ2n) is 6.16. The minimum atomic E-state index is -0.375. The van der Waals surface area contributed by atoms with E-state index in [-0.39, 0.29) is 22.3 Å². The van der Waals surface area contributed by atoms with E-state index in [2.05, 4.69) is 15.1 Å². The van der Waals surface area contributed by atoms with E-state index in [1.54, 1.807) is 46.1 Å². The third-order valence-electron chi connectivity index (χ3n) is 4.47. The molecular formula is C17H17N7O3S. The highest BCUT2D eigenvalue weighted by atomic mass is 32.2. The van der Waals surface area contributed by atoms with Crippen LogP contribution in [0.1, 0.15) is 0 Å². The lowest BCUT2D eigenvalue weighted by Crippen LogP contribution is -2.49. The highest BCUT2D eigenvalue weighted by Gasteiger charge is 2.25. The van der Waals surface area contributed by atoms with Crippen LogP contribution in [0, 0.1) is 10.1 Å². The number of carbonyl (C=O) groups is 1. The highest BCUT2D eigenvalue weighted by molar-refractivity contribution is 7.99. The van der Waals surface area contributed by atoms with E-state index in [9.17, 15) is 14.9 Å². The summed E-state index contributed by atoms with van der Waals surface area (Å²) >= 11 is 1.27. The van der Waals surface area contributed by atoms with Crippen LogP contribution in [-0.4, -0.2) is 67.2 Å². The predicted octanol–water partition coefficient (Wildman–Crippen LogP) is 1.47. The molecule has 0 saturated carbocycles. The van der Waals surface area contributed by atoms with E-state index in [1.807, 2.05) is 4.90 Å². The van der Waals surface area contributed by atoms with Gasteiger partial charge in [0, 0.05) is 44.6 Å². The van der Waals surface area contributed by atoms with Crippen molar-refractivity contribution in [1.29, 1.82) is 0 Å². The normalized spacial score (nSPS) is 14.4. The lowest BCUT2D eigenvalue weighted by atomic mass is 10.2. The quantitative estimate of drug-likeness (QED) is 0.360. The van der Waals surface area contributed by atoms with E-state index in [0.29, 0.717) is 42.8 Å². The Kier molecular flexibility index (Phi) is 5.06. The molecule has 0 N–H and O–H groups in total. The number of aromatic nitrogens is 4. The van der Waals surface area contributed by atoms with E-state index < -0.39 is 0 Å². The van der Waals surface area contributed by atoms with Crippen molar-refractivity contribution in [2.45, 2.75) is 5.16 Å². The Morgan fingerprint density at radius 3 is 2.71 bits per heavy atom. The first kappa shape index (κ1) is 18.2. The van der Waals surface area contributed by atoms with Gasteiger partial charge in [-0.15, -0.1) is 5.10 Å². The topological polar surface area (TPSA) is 110 Å². The Morgan fingerprint density at radius 1 is 1.18 bits per heavy atom. The fourth-order valence-electron chi connectivity index (χ4n) is 3.08. The van der Waals surface area contributed by atoms with E-state index in [4.69, 9.17) is 0 Å². The number of carbonyl (C=O) groups excluding carboxylic acids is 1. The Hall–Kier alpha value is -3.21. The van der Waals surface area contributed by atoms with Crippen LogP contribution in [0.5, 0.6) is 0 Å². The van der Waals surface area contributed by atoms with Gasteiger partial charge in [0.25, 0.3) is 11.5 Å². The summed E-state index contributed by atoms with van der Waals surface area (Å²) in [5.74, 6) is 0.733. The summed E-state index contributed by atoms with van der Waals surface area (Å²) in [5.41, 5.74) is 0.680. The highest BCUT2D eigenvalue weighted by Crippen LogP contribution is 2.28. The summed E-state index contributed by atoms with van der Waals surface area (Å²) in [6.45, 7) is 2.15. The van der Waals surface area contributed by atoms with Gasteiger partial charge in [0.05, 0.1) is 10.7 Å². The van der Waals surface area contributed by atoms with Crippen molar-refractivity contribution in [3.63, 3.8) is 0 Å². The van der Waals surface area contributed by atoms with Gasteiger partial charge in [-0.2, -0.15) is 4.98 Å². The summed E-state index contributed by atoms with van der Waals surface area (Å²) in [6, 6.07) is 8.45. The Morgan fingerprint density at radius 2 is 1.96 bits per heavy atom. The number of benzene rings is 1. The van der Waals surface area contributed by atoms with E-state index in [1.165, 1.54) is 17.8 Å². The number of hydrogen-bond acceptors (Lipinski definition) is 8. The first-order valence-corrected chi connectivity index (χ1v) is 9.67. The molecule has 0 radical (unpaired) electrons. The number of amides is 1. The molecule has 4 rings (SSSR count). The Labute approximate surface area is 164 Å². The molecular weight excluding hydrogens is 382 g/mol. The molecule has 1 amide bonds. The van der Waals surface area contributed by atoms with Crippen molar-refractivity contribution in [2.75, 3.05) is 36.8 Å². The molecule has 1 aliphatic heterocycles. The molecule has 1 aromatic carbocycles. The summed E-state index contributed by atoms with van der Waals surface area (Å²) in [7, 11) is 0. The van der Waals surface area contributed by atoms with E-state index in [0.717, 1.165) is 0 Å². The van der Waals surface area contributed by atoms with Gasteiger partial charge < -0.3 is 9.80 Å². The van der Waals surface area contributed by atoms with Crippen LogP contribution in [0.2, 0.25) is 0 Å². The Bertz CT molecular complexity index is 984. The monoisotopic (exact) mass is 399 g/mol. The molecule has 0 bridgehead atoms. The van der Waals surface area contributed by atoms with Gasteiger partial charge in [-0.25, -0.2) is 9.50 Å². The average Bonchev–Trinajstić information content (AvgIpc) is 3.15. The third-order valence-corrected chi connectivity index (χ3v) is 5.30. The number of rotatable bonds is 5. The molecule has 0 spiro atoms. The molecule has 144 valence electrons. The summed E-state index contributed by atoms with van der Waals surface area (Å²) in [4.78, 5) is 35.4. The maximum Gasteiger partial charge on any atom is 0.292 e. The minimum Gasteiger partial charge on any atom is -0.362 e. The van der Waals surface area contributed by atoms with Crippen molar-refractivity contribution < 1.29 is 9.72 Å². The number of nitro benzene ring substituents is 1. The second kappa shape index (κ2) is 7.80. The van der Waals surface area contributed by atoms with Crippen LogP contribution in [0.3, 0.4) is 0 Å². The number of para-hydroxylation sites is 2. The number of hydrogen-bond donors (Lipinski definition) is 0. The summed E-state index contributed by atoms with van der Waals surface area (Å²) in [5, 5.41) is 16.0. The molecule has 0 unspecified atom stereocenters. The number of piperazine rings is 1. The van der Waals surface area contributed by atoms with Gasteiger partial charge in [-0.3, -0.25) is 14.9 Å². The third kappa shape index (κ3) is 3.74. The van der Waals surface area contributed by atoms with Crippen LogP contribution in [0.15, 0.2) is 47.9 Å². The zero-order chi connectivity index (χ0) is 19.5. The fourth-order valence-corrected chi connectivity index (χ4v) is 3.80. The smallest absolute Gasteiger partial charge is 0.292 e. The molecule has 0 aliphatic carbocycles. The number of anilines is 1. The molecule has 1 saturated heterocycles. The maximum absolute atomic E-state index is 12.5. The lowest BCUT2D eigenvalue weighted by molar-refractivity contribution is -0.384. The number of nitrogens with zero attached hydrogens (tertiary/aromatic N) is 7. The molecule has 3 aromatic rings. The zero-order valence-corrected chi connectivity index (χ0v) is 15.7. The maximum atomic E-state index is 12.5. The van der Waals surface area contributed by atoms with Crippen LogP contribution in [0.4, 0.5) is 11.4 Å². The van der Waals surface area contributed by atoms with Crippen molar-refractivity contribution in [3.05, 3.63) is 52.8 Å². The molecule has 28 heavy (non-hydrogen) atoms. The van der Waals surface area contributed by atoms with Gasteiger partial charge >= 0.3 is 0 Å². The van der Waals surface area contributed by atoms with E-state index >= 15 is 0 Å². The fraction of sp³-hybridized carbons (Fsp3) is 0.294. The molecule has 10 nitrogen and oxygen atoms in total. The molecule has 3 heterocycles. The first-order chi connectivity index (χ1) is 13.6. The van der Waals surface area contributed by atoms with Gasteiger partial charge in [0.2, 0.25) is 11.1 Å². The second-order valence-corrected chi connectivity index (χ2v) is 7.10. The van der Waals surface area contributed by atoms with Gasteiger partial charge in [-0.1, -0.05) is 23.9 Å². The zero-order valence-electron chi connectivity index (χ0n) is 14.8. The molecule has 0 atom stereocenters. The number of nitro groups is 1. The summed E-state index contributed by atoms with van der Waals surface area (Å²) in [6.07, 6.45) is 3.39. The average molecular weight is 399 g/mol. The number of thioether (sulfide) groups is 1. The van der Waals surface area contributed by atoms with Gasteiger partial charge in [-0.05, 0) is 12.1 Å².